The molecular formula is C20H26N4O4S. The number of benzene rings is 1. The SMILES string of the molecule is COCCN1Cc2c(C(=O)NC3CCCCC3)ncn2-c2ccccc2S1(=O)=O. The molecule has 0 unspecified atom stereocenters. The van der Waals surface area contributed by atoms with Crippen molar-refractivity contribution in [1.82, 2.24) is 19.2 Å². The molecule has 2 aromatic rings. The highest BCUT2D eigenvalue weighted by Crippen LogP contribution is 2.31. The number of amides is 1. The van der Waals surface area contributed by atoms with Crippen LogP contribution < -0.4 is 5.32 Å². The number of carbonyl (C=O) groups excluding carboxylic acids is 1. The third-order valence-corrected chi connectivity index (χ3v) is 7.53. The van der Waals surface area contributed by atoms with E-state index >= 15 is 0 Å². The minimum atomic E-state index is -3.73. The molecule has 0 bridgehead atoms. The largest absolute Gasteiger partial charge is 0.383 e. The first-order chi connectivity index (χ1) is 14.0. The van der Waals surface area contributed by atoms with Crippen molar-refractivity contribution in [2.24, 2.45) is 0 Å². The number of imidazole rings is 1. The summed E-state index contributed by atoms with van der Waals surface area (Å²) in [6.07, 6.45) is 6.91. The number of carbonyl (C=O) groups is 1. The van der Waals surface area contributed by atoms with Crippen molar-refractivity contribution in [3.8, 4) is 5.69 Å². The van der Waals surface area contributed by atoms with Crippen molar-refractivity contribution in [2.75, 3.05) is 20.3 Å². The first kappa shape index (κ1) is 20.1. The Morgan fingerprint density at radius 1 is 1.24 bits per heavy atom. The molecule has 29 heavy (non-hydrogen) atoms. The van der Waals surface area contributed by atoms with E-state index in [0.29, 0.717) is 11.4 Å². The standard InChI is InChI=1S/C20H26N4O4S/c1-28-12-11-23-13-17-19(20(25)22-15-7-3-2-4-8-15)21-14-24(17)16-9-5-6-10-18(16)29(23,26)27/h5-6,9-10,14-15H,2-4,7-8,11-13H2,1H3,(H,22,25). The highest BCUT2D eigenvalue weighted by molar-refractivity contribution is 7.89. The summed E-state index contributed by atoms with van der Waals surface area (Å²) in [5.41, 5.74) is 1.36. The molecule has 2 aliphatic rings. The second-order valence-electron chi connectivity index (χ2n) is 7.52. The monoisotopic (exact) mass is 418 g/mol. The fraction of sp³-hybridized carbons (Fsp3) is 0.500. The molecule has 1 saturated carbocycles. The third kappa shape index (κ3) is 3.82. The Bertz CT molecular complexity index is 996. The second kappa shape index (κ2) is 8.25. The summed E-state index contributed by atoms with van der Waals surface area (Å²) in [6, 6.07) is 6.95. The van der Waals surface area contributed by atoms with Crippen LogP contribution in [0.5, 0.6) is 0 Å². The Balaban J connectivity index is 1.73. The molecule has 0 spiro atoms. The van der Waals surface area contributed by atoms with Gasteiger partial charge in [-0.25, -0.2) is 13.4 Å². The van der Waals surface area contributed by atoms with E-state index in [4.69, 9.17) is 4.74 Å². The number of rotatable bonds is 5. The lowest BCUT2D eigenvalue weighted by atomic mass is 9.95. The molecule has 0 saturated heterocycles. The van der Waals surface area contributed by atoms with Gasteiger partial charge in [0.25, 0.3) is 5.91 Å². The van der Waals surface area contributed by atoms with Gasteiger partial charge in [-0.05, 0) is 25.0 Å². The fourth-order valence-corrected chi connectivity index (χ4v) is 5.65. The maximum atomic E-state index is 13.2. The van der Waals surface area contributed by atoms with E-state index in [1.54, 1.807) is 35.2 Å². The van der Waals surface area contributed by atoms with Gasteiger partial charge in [-0.15, -0.1) is 0 Å². The van der Waals surface area contributed by atoms with E-state index in [0.717, 1.165) is 25.7 Å². The van der Waals surface area contributed by atoms with Crippen LogP contribution in [-0.2, 0) is 21.3 Å². The van der Waals surface area contributed by atoms with Gasteiger partial charge in [-0.2, -0.15) is 4.31 Å². The summed E-state index contributed by atoms with van der Waals surface area (Å²) in [7, 11) is -2.19. The molecule has 9 heteroatoms. The van der Waals surface area contributed by atoms with Crippen LogP contribution in [0.3, 0.4) is 0 Å². The predicted octanol–water partition coefficient (Wildman–Crippen LogP) is 2.09. The molecule has 1 aliphatic heterocycles. The normalized spacial score (nSPS) is 19.2. The second-order valence-corrected chi connectivity index (χ2v) is 9.42. The van der Waals surface area contributed by atoms with Gasteiger partial charge in [0.15, 0.2) is 5.69 Å². The molecule has 1 N–H and O–H groups in total. The minimum absolute atomic E-state index is 0.0633. The van der Waals surface area contributed by atoms with Gasteiger partial charge >= 0.3 is 0 Å². The molecule has 2 heterocycles. The third-order valence-electron chi connectivity index (χ3n) is 5.64. The molecule has 1 aromatic carbocycles. The average molecular weight is 419 g/mol. The fourth-order valence-electron chi connectivity index (χ4n) is 4.08. The maximum Gasteiger partial charge on any atom is 0.272 e. The molecule has 8 nitrogen and oxygen atoms in total. The molecule has 1 aliphatic carbocycles. The lowest BCUT2D eigenvalue weighted by Gasteiger charge is -2.23. The number of nitrogens with zero attached hydrogens (tertiary/aromatic N) is 3. The van der Waals surface area contributed by atoms with Crippen molar-refractivity contribution in [1.29, 1.82) is 0 Å². The van der Waals surface area contributed by atoms with Crippen LogP contribution in [-0.4, -0.2) is 54.5 Å². The van der Waals surface area contributed by atoms with Gasteiger partial charge in [0, 0.05) is 19.7 Å². The number of ether oxygens (including phenoxy) is 1. The van der Waals surface area contributed by atoms with Gasteiger partial charge < -0.3 is 10.1 Å². The average Bonchev–Trinajstić information content (AvgIpc) is 3.11. The van der Waals surface area contributed by atoms with Crippen LogP contribution in [0.15, 0.2) is 35.5 Å². The Kier molecular flexibility index (Phi) is 5.71. The Labute approximate surface area is 170 Å². The number of methoxy groups -OCH3 is 1. The zero-order chi connectivity index (χ0) is 20.4. The number of sulfonamides is 1. The number of hydrogen-bond acceptors (Lipinski definition) is 5. The summed E-state index contributed by atoms with van der Waals surface area (Å²) in [6.45, 7) is 0.523. The van der Waals surface area contributed by atoms with Crippen LogP contribution in [0.25, 0.3) is 5.69 Å². The molecule has 0 radical (unpaired) electrons. The van der Waals surface area contributed by atoms with Gasteiger partial charge in [-0.1, -0.05) is 31.4 Å². The molecule has 4 rings (SSSR count). The summed E-state index contributed by atoms with van der Waals surface area (Å²) in [5.74, 6) is -0.242. The van der Waals surface area contributed by atoms with E-state index in [1.807, 2.05) is 0 Å². The number of hydrogen-bond donors (Lipinski definition) is 1. The van der Waals surface area contributed by atoms with E-state index in [2.05, 4.69) is 10.3 Å². The lowest BCUT2D eigenvalue weighted by Crippen LogP contribution is -2.37. The zero-order valence-corrected chi connectivity index (χ0v) is 17.3. The number of aromatic nitrogens is 2. The molecule has 1 aromatic heterocycles. The molecule has 1 fully saturated rings. The van der Waals surface area contributed by atoms with Crippen molar-refractivity contribution < 1.29 is 17.9 Å². The quantitative estimate of drug-likeness (QED) is 0.802. The van der Waals surface area contributed by atoms with Crippen molar-refractivity contribution in [3.63, 3.8) is 0 Å². The first-order valence-corrected chi connectivity index (χ1v) is 11.4. The predicted molar refractivity (Wildman–Crippen MR) is 107 cm³/mol. The van der Waals surface area contributed by atoms with Gasteiger partial charge in [-0.3, -0.25) is 9.36 Å². The van der Waals surface area contributed by atoms with Crippen LogP contribution in [0.4, 0.5) is 0 Å². The van der Waals surface area contributed by atoms with Gasteiger partial charge in [0.1, 0.15) is 11.2 Å². The zero-order valence-electron chi connectivity index (χ0n) is 16.5. The molecule has 0 atom stereocenters. The Morgan fingerprint density at radius 3 is 2.76 bits per heavy atom. The summed E-state index contributed by atoms with van der Waals surface area (Å²) < 4.78 is 34.6. The van der Waals surface area contributed by atoms with Crippen LogP contribution in [0.1, 0.15) is 48.3 Å². The van der Waals surface area contributed by atoms with E-state index in [-0.39, 0.29) is 42.2 Å². The summed E-state index contributed by atoms with van der Waals surface area (Å²) >= 11 is 0. The maximum absolute atomic E-state index is 13.2. The van der Waals surface area contributed by atoms with Crippen LogP contribution in [0.2, 0.25) is 0 Å². The Hall–Kier alpha value is -2.23. The number of para-hydroxylation sites is 1. The Morgan fingerprint density at radius 2 is 2.00 bits per heavy atom. The molecule has 156 valence electrons. The summed E-state index contributed by atoms with van der Waals surface area (Å²) in [5, 5.41) is 3.09. The van der Waals surface area contributed by atoms with Crippen molar-refractivity contribution in [3.05, 3.63) is 42.0 Å². The molecular weight excluding hydrogens is 392 g/mol. The van der Waals surface area contributed by atoms with E-state index < -0.39 is 10.0 Å². The highest BCUT2D eigenvalue weighted by atomic mass is 32.2. The summed E-state index contributed by atoms with van der Waals surface area (Å²) in [4.78, 5) is 17.5. The first-order valence-electron chi connectivity index (χ1n) is 9.98. The lowest BCUT2D eigenvalue weighted by molar-refractivity contribution is 0.0921. The number of fused-ring (bicyclic) bond motifs is 3. The smallest absolute Gasteiger partial charge is 0.272 e. The van der Waals surface area contributed by atoms with E-state index in [1.165, 1.54) is 17.8 Å². The van der Waals surface area contributed by atoms with Gasteiger partial charge in [0.05, 0.1) is 24.5 Å². The van der Waals surface area contributed by atoms with Crippen LogP contribution in [0, 0.1) is 0 Å². The van der Waals surface area contributed by atoms with Crippen molar-refractivity contribution in [2.45, 2.75) is 49.6 Å². The van der Waals surface area contributed by atoms with Crippen LogP contribution >= 0.6 is 0 Å². The molecule has 1 amide bonds. The van der Waals surface area contributed by atoms with E-state index in [9.17, 15) is 13.2 Å². The minimum Gasteiger partial charge on any atom is -0.383 e. The van der Waals surface area contributed by atoms with Gasteiger partial charge in [0.2, 0.25) is 10.0 Å². The van der Waals surface area contributed by atoms with Crippen molar-refractivity contribution >= 4 is 15.9 Å². The topological polar surface area (TPSA) is 93.5 Å². The highest BCUT2D eigenvalue weighted by Gasteiger charge is 2.34. The number of nitrogens with one attached hydrogen (secondary N) is 1.